The van der Waals surface area contributed by atoms with E-state index in [2.05, 4.69) is 4.98 Å². The second-order valence-electron chi connectivity index (χ2n) is 7.35. The fourth-order valence-corrected chi connectivity index (χ4v) is 4.53. The maximum Gasteiger partial charge on any atom is 0.332 e. The summed E-state index contributed by atoms with van der Waals surface area (Å²) in [6, 6.07) is 11.4. The molecule has 2 N–H and O–H groups in total. The number of hydrogen-bond acceptors (Lipinski definition) is 7. The molecule has 32 heavy (non-hydrogen) atoms. The summed E-state index contributed by atoms with van der Waals surface area (Å²) in [5.41, 5.74) is 4.92. The third-order valence-corrected chi connectivity index (χ3v) is 6.29. The minimum absolute atomic E-state index is 0.186. The minimum Gasteiger partial charge on any atom is -0.384 e. The lowest BCUT2D eigenvalue weighted by atomic mass is 10.1. The summed E-state index contributed by atoms with van der Waals surface area (Å²) in [7, 11) is 1.29. The molecule has 164 valence electrons. The van der Waals surface area contributed by atoms with E-state index in [0.717, 1.165) is 19.6 Å². The van der Waals surface area contributed by atoms with Gasteiger partial charge in [0.2, 0.25) is 0 Å². The van der Waals surface area contributed by atoms with Crippen molar-refractivity contribution in [2.75, 3.05) is 5.73 Å². The molecule has 0 aliphatic rings. The van der Waals surface area contributed by atoms with E-state index in [1.807, 2.05) is 37.3 Å². The Morgan fingerprint density at radius 3 is 2.53 bits per heavy atom. The Morgan fingerprint density at radius 2 is 1.84 bits per heavy atom. The van der Waals surface area contributed by atoms with E-state index in [0.29, 0.717) is 16.6 Å². The van der Waals surface area contributed by atoms with Gasteiger partial charge in [-0.05, 0) is 18.1 Å². The van der Waals surface area contributed by atoms with E-state index in [1.54, 1.807) is 6.07 Å². The molecular weight excluding hydrogens is 430 g/mol. The average Bonchev–Trinajstić information content (AvgIpc) is 3.23. The molecule has 0 atom stereocenters. The zero-order chi connectivity index (χ0) is 23.0. The topological polar surface area (TPSA) is 122 Å². The van der Waals surface area contributed by atoms with E-state index in [9.17, 15) is 19.2 Å². The van der Waals surface area contributed by atoms with E-state index in [4.69, 9.17) is 5.73 Å². The monoisotopic (exact) mass is 451 g/mol. The van der Waals surface area contributed by atoms with Gasteiger partial charge in [-0.25, -0.2) is 9.78 Å². The third-order valence-electron chi connectivity index (χ3n) is 5.20. The summed E-state index contributed by atoms with van der Waals surface area (Å²) in [5, 5.41) is 0.390. The highest BCUT2D eigenvalue weighted by Crippen LogP contribution is 2.30. The van der Waals surface area contributed by atoms with E-state index in [1.165, 1.54) is 29.3 Å². The zero-order valence-electron chi connectivity index (χ0n) is 17.6. The van der Waals surface area contributed by atoms with Crippen LogP contribution in [0.3, 0.4) is 0 Å². The average molecular weight is 452 g/mol. The summed E-state index contributed by atoms with van der Waals surface area (Å²) >= 11 is 1.38. The lowest BCUT2D eigenvalue weighted by Gasteiger charge is -2.14. The van der Waals surface area contributed by atoms with Crippen molar-refractivity contribution in [1.82, 2.24) is 18.7 Å². The number of ketones is 1. The number of anilines is 1. The highest BCUT2D eigenvalue weighted by Gasteiger charge is 2.22. The number of thiophene rings is 1. The van der Waals surface area contributed by atoms with Gasteiger partial charge in [0.05, 0.1) is 18.3 Å². The van der Waals surface area contributed by atoms with Crippen LogP contribution in [0, 0.1) is 0 Å². The van der Waals surface area contributed by atoms with E-state index < -0.39 is 23.6 Å². The normalized spacial score (nSPS) is 11.2. The Bertz CT molecular complexity index is 1510. The van der Waals surface area contributed by atoms with Crippen LogP contribution < -0.4 is 22.5 Å². The van der Waals surface area contributed by atoms with Crippen LogP contribution in [0.4, 0.5) is 5.82 Å². The first-order chi connectivity index (χ1) is 15.3. The smallest absolute Gasteiger partial charge is 0.332 e. The van der Waals surface area contributed by atoms with Gasteiger partial charge < -0.3 is 5.73 Å². The van der Waals surface area contributed by atoms with Crippen molar-refractivity contribution in [3.63, 3.8) is 0 Å². The molecule has 9 nitrogen and oxygen atoms in total. The Labute approximate surface area is 186 Å². The fraction of sp³-hybridized carbons (Fsp3) is 0.227. The molecule has 1 aromatic carbocycles. The quantitative estimate of drug-likeness (QED) is 0.447. The van der Waals surface area contributed by atoms with Gasteiger partial charge in [0.25, 0.3) is 11.1 Å². The van der Waals surface area contributed by atoms with Crippen molar-refractivity contribution in [2.45, 2.75) is 26.4 Å². The van der Waals surface area contributed by atoms with Crippen molar-refractivity contribution >= 4 is 33.2 Å². The molecule has 3 aromatic heterocycles. The Hall–Kier alpha value is -3.79. The van der Waals surface area contributed by atoms with Gasteiger partial charge >= 0.3 is 5.69 Å². The summed E-state index contributed by atoms with van der Waals surface area (Å²) in [6.07, 6.45) is 1.88. The number of Topliss-reactive ketones (excluding diaryl/α,β-unsaturated/α-hetero) is 1. The van der Waals surface area contributed by atoms with Crippen LogP contribution in [0.15, 0.2) is 57.1 Å². The van der Waals surface area contributed by atoms with E-state index >= 15 is 0 Å². The van der Waals surface area contributed by atoms with Crippen molar-refractivity contribution in [3.05, 3.63) is 79.5 Å². The number of benzene rings is 1. The van der Waals surface area contributed by atoms with Crippen molar-refractivity contribution < 1.29 is 4.79 Å². The van der Waals surface area contributed by atoms with Gasteiger partial charge in [-0.3, -0.25) is 28.1 Å². The molecule has 0 unspecified atom stereocenters. The number of aromatic nitrogens is 4. The Balaban J connectivity index is 1.75. The molecule has 4 rings (SSSR count). The molecule has 3 heterocycles. The predicted molar refractivity (Wildman–Crippen MR) is 124 cm³/mol. The number of carbonyl (C=O) groups is 1. The minimum atomic E-state index is -0.783. The highest BCUT2D eigenvalue weighted by molar-refractivity contribution is 7.21. The summed E-state index contributed by atoms with van der Waals surface area (Å²) in [6.45, 7) is 1.70. The van der Waals surface area contributed by atoms with Crippen molar-refractivity contribution in [1.29, 1.82) is 0 Å². The van der Waals surface area contributed by atoms with Gasteiger partial charge in [0, 0.05) is 18.5 Å². The van der Waals surface area contributed by atoms with Crippen LogP contribution in [-0.4, -0.2) is 24.5 Å². The van der Waals surface area contributed by atoms with Crippen LogP contribution >= 0.6 is 11.3 Å². The number of fused-ring (bicyclic) bond motifs is 1. The number of rotatable bonds is 6. The molecule has 0 saturated carbocycles. The maximum absolute atomic E-state index is 13.0. The summed E-state index contributed by atoms with van der Waals surface area (Å²) < 4.78 is 3.21. The van der Waals surface area contributed by atoms with Crippen LogP contribution in [0.1, 0.15) is 23.7 Å². The number of nitrogens with two attached hydrogens (primary N) is 1. The Kier molecular flexibility index (Phi) is 5.62. The SMILES string of the molecule is CCCn1c(N)c(C(=O)Cn2cnc3sc(-c4ccccc4)cc3c2=O)c(=O)n(C)c1=O. The summed E-state index contributed by atoms with van der Waals surface area (Å²) in [4.78, 5) is 56.7. The molecule has 0 aliphatic heterocycles. The summed E-state index contributed by atoms with van der Waals surface area (Å²) in [5.74, 6) is -0.844. The second kappa shape index (κ2) is 8.39. The molecule has 0 saturated heterocycles. The number of nitrogens with zero attached hydrogens (tertiary/aromatic N) is 4. The third kappa shape index (κ3) is 3.58. The molecule has 0 aliphatic carbocycles. The van der Waals surface area contributed by atoms with Crippen LogP contribution in [0.2, 0.25) is 0 Å². The van der Waals surface area contributed by atoms with Crippen LogP contribution in [0.5, 0.6) is 0 Å². The van der Waals surface area contributed by atoms with Crippen molar-refractivity contribution in [2.24, 2.45) is 7.05 Å². The van der Waals surface area contributed by atoms with Gasteiger partial charge in [-0.2, -0.15) is 0 Å². The molecular formula is C22H21N5O4S. The second-order valence-corrected chi connectivity index (χ2v) is 8.39. The van der Waals surface area contributed by atoms with Crippen LogP contribution in [0.25, 0.3) is 20.7 Å². The van der Waals surface area contributed by atoms with Crippen LogP contribution in [-0.2, 0) is 20.1 Å². The van der Waals surface area contributed by atoms with Crippen molar-refractivity contribution in [3.8, 4) is 10.4 Å². The molecule has 0 fully saturated rings. The fourth-order valence-electron chi connectivity index (χ4n) is 3.54. The molecule has 0 bridgehead atoms. The largest absolute Gasteiger partial charge is 0.384 e. The zero-order valence-corrected chi connectivity index (χ0v) is 18.4. The first-order valence-electron chi connectivity index (χ1n) is 10.00. The van der Waals surface area contributed by atoms with Gasteiger partial charge in [0.1, 0.15) is 16.2 Å². The molecule has 4 aromatic rings. The number of nitrogen functional groups attached to an aromatic ring is 1. The number of carbonyl (C=O) groups excluding carboxylic acids is 1. The molecule has 0 radical (unpaired) electrons. The maximum atomic E-state index is 13.0. The lowest BCUT2D eigenvalue weighted by Crippen LogP contribution is -2.43. The molecule has 0 amide bonds. The predicted octanol–water partition coefficient (Wildman–Crippen LogP) is 1.86. The van der Waals surface area contributed by atoms with Gasteiger partial charge in [0.15, 0.2) is 5.78 Å². The van der Waals surface area contributed by atoms with Gasteiger partial charge in [-0.1, -0.05) is 37.3 Å². The molecule has 10 heteroatoms. The van der Waals surface area contributed by atoms with Gasteiger partial charge in [-0.15, -0.1) is 11.3 Å². The molecule has 0 spiro atoms. The first-order valence-corrected chi connectivity index (χ1v) is 10.8. The van der Waals surface area contributed by atoms with E-state index in [-0.39, 0.29) is 23.5 Å². The standard InChI is InChI=1S/C22H21N5O4S/c1-3-9-27-18(23)17(21(30)25(2)22(27)31)15(28)11-26-12-24-19-14(20(26)29)10-16(32-19)13-7-5-4-6-8-13/h4-8,10,12H,3,9,11,23H2,1-2H3. The number of hydrogen-bond donors (Lipinski definition) is 1. The lowest BCUT2D eigenvalue weighted by molar-refractivity contribution is 0.0968. The highest BCUT2D eigenvalue weighted by atomic mass is 32.1. The first kappa shape index (κ1) is 21.4. The Morgan fingerprint density at radius 1 is 1.12 bits per heavy atom.